The second-order valence-electron chi connectivity index (χ2n) is 4.24. The standard InChI is InChI=1S/C12H17NOS/c1-12(2,3)15(14)13-10-9-11-7-5-4-6-8-11/h4-10,13H,1-3H3/b10-9+/t15-/m0/s1. The molecule has 0 aliphatic carbocycles. The first-order chi connectivity index (χ1) is 7.00. The molecule has 0 heterocycles. The Kier molecular flexibility index (Phi) is 4.09. The van der Waals surface area contributed by atoms with Gasteiger partial charge in [-0.15, -0.1) is 0 Å². The van der Waals surface area contributed by atoms with Gasteiger partial charge in [0.25, 0.3) is 0 Å². The fourth-order valence-electron chi connectivity index (χ4n) is 0.933. The molecule has 0 amide bonds. The van der Waals surface area contributed by atoms with Gasteiger partial charge in [0, 0.05) is 6.20 Å². The topological polar surface area (TPSA) is 29.1 Å². The monoisotopic (exact) mass is 223 g/mol. The molecule has 0 saturated heterocycles. The summed E-state index contributed by atoms with van der Waals surface area (Å²) in [4.78, 5) is 0. The number of benzene rings is 1. The molecule has 0 aliphatic heterocycles. The molecule has 1 aromatic carbocycles. The molecule has 15 heavy (non-hydrogen) atoms. The second-order valence-corrected chi connectivity index (χ2v) is 6.24. The van der Waals surface area contributed by atoms with Gasteiger partial charge in [-0.3, -0.25) is 0 Å². The lowest BCUT2D eigenvalue weighted by atomic mass is 10.2. The molecule has 2 nitrogen and oxygen atoms in total. The van der Waals surface area contributed by atoms with Crippen molar-refractivity contribution < 1.29 is 4.21 Å². The van der Waals surface area contributed by atoms with Gasteiger partial charge in [-0.1, -0.05) is 30.3 Å². The smallest absolute Gasteiger partial charge is 0.122 e. The third-order valence-electron chi connectivity index (χ3n) is 1.81. The highest BCUT2D eigenvalue weighted by molar-refractivity contribution is 7.84. The first-order valence-electron chi connectivity index (χ1n) is 4.90. The van der Waals surface area contributed by atoms with Crippen LogP contribution in [0.4, 0.5) is 0 Å². The zero-order chi connectivity index (χ0) is 11.3. The SMILES string of the molecule is CC(C)(C)[S@](=O)N/C=C/c1ccccc1. The molecule has 3 heteroatoms. The van der Waals surface area contributed by atoms with E-state index in [-0.39, 0.29) is 4.75 Å². The van der Waals surface area contributed by atoms with Crippen molar-refractivity contribution in [2.45, 2.75) is 25.5 Å². The van der Waals surface area contributed by atoms with Crippen LogP contribution < -0.4 is 4.72 Å². The molecule has 0 aromatic heterocycles. The van der Waals surface area contributed by atoms with Crippen molar-refractivity contribution in [2.24, 2.45) is 0 Å². The molecular formula is C12H17NOS. The van der Waals surface area contributed by atoms with Crippen molar-refractivity contribution in [3.63, 3.8) is 0 Å². The number of nitrogens with one attached hydrogen (secondary N) is 1. The van der Waals surface area contributed by atoms with Crippen molar-refractivity contribution in [3.8, 4) is 0 Å². The van der Waals surface area contributed by atoms with Gasteiger partial charge in [0.1, 0.15) is 11.0 Å². The van der Waals surface area contributed by atoms with E-state index in [0.717, 1.165) is 5.56 Å². The van der Waals surface area contributed by atoms with Crippen LogP contribution in [-0.2, 0) is 11.0 Å². The summed E-state index contributed by atoms with van der Waals surface area (Å²) >= 11 is 0. The Morgan fingerprint density at radius 2 is 1.80 bits per heavy atom. The van der Waals surface area contributed by atoms with Crippen LogP contribution in [0.5, 0.6) is 0 Å². The molecule has 0 saturated carbocycles. The minimum absolute atomic E-state index is 0.235. The van der Waals surface area contributed by atoms with E-state index in [9.17, 15) is 4.21 Å². The molecule has 0 radical (unpaired) electrons. The van der Waals surface area contributed by atoms with Crippen LogP contribution in [0, 0.1) is 0 Å². The summed E-state index contributed by atoms with van der Waals surface area (Å²) in [5.41, 5.74) is 1.09. The zero-order valence-corrected chi connectivity index (χ0v) is 10.2. The minimum Gasteiger partial charge on any atom is -0.312 e. The maximum absolute atomic E-state index is 11.6. The Bertz CT molecular complexity index is 352. The average molecular weight is 223 g/mol. The first-order valence-corrected chi connectivity index (χ1v) is 6.05. The normalized spacial score (nSPS) is 14.1. The quantitative estimate of drug-likeness (QED) is 0.838. The number of rotatable bonds is 3. The molecule has 1 rings (SSSR count). The van der Waals surface area contributed by atoms with Crippen LogP contribution in [0.15, 0.2) is 36.5 Å². The van der Waals surface area contributed by atoms with Gasteiger partial charge in [0.2, 0.25) is 0 Å². The van der Waals surface area contributed by atoms with Gasteiger partial charge in [0.05, 0.1) is 4.75 Å². The van der Waals surface area contributed by atoms with E-state index in [2.05, 4.69) is 4.72 Å². The number of hydrogen-bond donors (Lipinski definition) is 1. The van der Waals surface area contributed by atoms with Crippen molar-refractivity contribution in [3.05, 3.63) is 42.1 Å². The largest absolute Gasteiger partial charge is 0.312 e. The maximum Gasteiger partial charge on any atom is 0.122 e. The van der Waals surface area contributed by atoms with E-state index in [1.54, 1.807) is 6.20 Å². The van der Waals surface area contributed by atoms with Crippen LogP contribution in [0.2, 0.25) is 0 Å². The van der Waals surface area contributed by atoms with Crippen molar-refractivity contribution in [1.82, 2.24) is 4.72 Å². The molecule has 1 atom stereocenters. The van der Waals surface area contributed by atoms with Crippen LogP contribution in [0.3, 0.4) is 0 Å². The zero-order valence-electron chi connectivity index (χ0n) is 9.36. The third-order valence-corrected chi connectivity index (χ3v) is 3.27. The van der Waals surface area contributed by atoms with Crippen LogP contribution in [-0.4, -0.2) is 8.96 Å². The fourth-order valence-corrected chi connectivity index (χ4v) is 1.48. The molecule has 0 aliphatic rings. The van der Waals surface area contributed by atoms with Gasteiger partial charge in [0.15, 0.2) is 0 Å². The molecular weight excluding hydrogens is 206 g/mol. The summed E-state index contributed by atoms with van der Waals surface area (Å²) in [6.07, 6.45) is 3.64. The number of hydrogen-bond acceptors (Lipinski definition) is 1. The molecule has 0 spiro atoms. The summed E-state index contributed by atoms with van der Waals surface area (Å²) in [6.45, 7) is 5.81. The predicted octanol–water partition coefficient (Wildman–Crippen LogP) is 2.71. The average Bonchev–Trinajstić information content (AvgIpc) is 2.18. The molecule has 82 valence electrons. The van der Waals surface area contributed by atoms with Crippen molar-refractivity contribution >= 4 is 17.1 Å². The van der Waals surface area contributed by atoms with Gasteiger partial charge in [-0.25, -0.2) is 4.21 Å². The highest BCUT2D eigenvalue weighted by atomic mass is 32.2. The van der Waals surface area contributed by atoms with Crippen molar-refractivity contribution in [2.75, 3.05) is 0 Å². The first kappa shape index (κ1) is 12.0. The van der Waals surface area contributed by atoms with E-state index < -0.39 is 11.0 Å². The van der Waals surface area contributed by atoms with Crippen LogP contribution >= 0.6 is 0 Å². The van der Waals surface area contributed by atoms with Crippen LogP contribution in [0.25, 0.3) is 6.08 Å². The Labute approximate surface area is 94.0 Å². The second kappa shape index (κ2) is 5.12. The van der Waals surface area contributed by atoms with Crippen molar-refractivity contribution in [1.29, 1.82) is 0 Å². The van der Waals surface area contributed by atoms with Gasteiger partial charge < -0.3 is 4.72 Å². The molecule has 0 bridgehead atoms. The molecule has 1 aromatic rings. The minimum atomic E-state index is -1.05. The Hall–Kier alpha value is -1.09. The highest BCUT2D eigenvalue weighted by Crippen LogP contribution is 2.08. The Morgan fingerprint density at radius 1 is 1.20 bits per heavy atom. The van der Waals surface area contributed by atoms with E-state index >= 15 is 0 Å². The summed E-state index contributed by atoms with van der Waals surface area (Å²) in [5.74, 6) is 0. The van der Waals surface area contributed by atoms with Gasteiger partial charge >= 0.3 is 0 Å². The lowest BCUT2D eigenvalue weighted by Crippen LogP contribution is -2.30. The van der Waals surface area contributed by atoms with E-state index in [1.807, 2.05) is 57.2 Å². The lowest BCUT2D eigenvalue weighted by Gasteiger charge is -2.16. The lowest BCUT2D eigenvalue weighted by molar-refractivity contribution is 0.644. The maximum atomic E-state index is 11.6. The summed E-state index contributed by atoms with van der Waals surface area (Å²) in [5, 5.41) is 0. The highest BCUT2D eigenvalue weighted by Gasteiger charge is 2.17. The summed E-state index contributed by atoms with van der Waals surface area (Å²) in [6, 6.07) is 9.91. The third kappa shape index (κ3) is 4.30. The molecule has 0 fully saturated rings. The van der Waals surface area contributed by atoms with Crippen LogP contribution in [0.1, 0.15) is 26.3 Å². The van der Waals surface area contributed by atoms with Gasteiger partial charge in [-0.05, 0) is 32.4 Å². The molecule has 1 N–H and O–H groups in total. The predicted molar refractivity (Wildman–Crippen MR) is 66.5 cm³/mol. The molecule has 0 unspecified atom stereocenters. The Balaban J connectivity index is 2.51. The Morgan fingerprint density at radius 3 is 2.33 bits per heavy atom. The van der Waals surface area contributed by atoms with Gasteiger partial charge in [-0.2, -0.15) is 0 Å². The van der Waals surface area contributed by atoms with E-state index in [1.165, 1.54) is 0 Å². The van der Waals surface area contributed by atoms with E-state index in [0.29, 0.717) is 0 Å². The fraction of sp³-hybridized carbons (Fsp3) is 0.333. The summed E-state index contributed by atoms with van der Waals surface area (Å²) in [7, 11) is -1.05. The van der Waals surface area contributed by atoms with E-state index in [4.69, 9.17) is 0 Å². The summed E-state index contributed by atoms with van der Waals surface area (Å²) < 4.78 is 14.2.